The average molecular weight is 847 g/mol. The van der Waals surface area contributed by atoms with Gasteiger partial charge >= 0.3 is 17.9 Å². The summed E-state index contributed by atoms with van der Waals surface area (Å²) in [5, 5.41) is 9.64. The Hall–Kier alpha value is -2.45. The number of carbonyl (C=O) groups is 3. The van der Waals surface area contributed by atoms with E-state index in [1.807, 2.05) is 21.1 Å². The molecule has 1 N–H and O–H groups in total. The maximum absolute atomic E-state index is 12.8. The quantitative estimate of drug-likeness (QED) is 0.0282. The lowest BCUT2D eigenvalue weighted by atomic mass is 10.1. The van der Waals surface area contributed by atoms with Crippen LogP contribution in [0.15, 0.2) is 36.5 Å². The number of rotatable bonds is 45. The van der Waals surface area contributed by atoms with Gasteiger partial charge < -0.3 is 23.8 Å². The molecule has 8 heteroatoms. The molecule has 0 aliphatic heterocycles. The molecular weight excluding hydrogens is 751 g/mol. The van der Waals surface area contributed by atoms with Crippen LogP contribution in [0.4, 0.5) is 0 Å². The van der Waals surface area contributed by atoms with Gasteiger partial charge in [0.2, 0.25) is 0 Å². The Bertz CT molecular complexity index is 1080. The Morgan fingerprint density at radius 2 is 0.883 bits per heavy atom. The van der Waals surface area contributed by atoms with Gasteiger partial charge in [-0.2, -0.15) is 0 Å². The molecule has 0 aromatic carbocycles. The minimum atomic E-state index is -0.876. The highest BCUT2D eigenvalue weighted by molar-refractivity contribution is 5.72. The van der Waals surface area contributed by atoms with E-state index >= 15 is 0 Å². The molecule has 350 valence electrons. The molecule has 0 bridgehead atoms. The van der Waals surface area contributed by atoms with Gasteiger partial charge in [0.1, 0.15) is 6.61 Å². The highest BCUT2D eigenvalue weighted by atomic mass is 16.6. The van der Waals surface area contributed by atoms with E-state index in [0.717, 1.165) is 51.4 Å². The molecule has 0 fully saturated rings. The van der Waals surface area contributed by atoms with Crippen molar-refractivity contribution >= 4 is 17.9 Å². The summed E-state index contributed by atoms with van der Waals surface area (Å²) in [6.07, 6.45) is 50.4. The first-order valence-corrected chi connectivity index (χ1v) is 25.0. The van der Waals surface area contributed by atoms with Crippen molar-refractivity contribution in [2.75, 3.05) is 41.0 Å². The Balaban J connectivity index is 4.27. The minimum absolute atomic E-state index is 0.0548. The second-order valence-corrected chi connectivity index (χ2v) is 18.1. The number of unbranched alkanes of at least 4 members (excludes halogenated alkanes) is 25. The Labute approximate surface area is 370 Å². The molecule has 0 aliphatic rings. The van der Waals surface area contributed by atoms with E-state index in [-0.39, 0.29) is 36.2 Å². The van der Waals surface area contributed by atoms with Crippen LogP contribution in [-0.4, -0.2) is 80.6 Å². The van der Waals surface area contributed by atoms with E-state index in [9.17, 15) is 19.5 Å². The number of nitrogens with zero attached hydrogens (tertiary/aromatic N) is 1. The van der Waals surface area contributed by atoms with Crippen molar-refractivity contribution in [3.05, 3.63) is 36.5 Å². The number of allylic oxidation sites excluding steroid dienone is 6. The van der Waals surface area contributed by atoms with E-state index in [2.05, 4.69) is 50.3 Å². The molecule has 2 unspecified atom stereocenters. The number of carboxylic acid groups (broad SMARTS) is 1. The van der Waals surface area contributed by atoms with Crippen LogP contribution in [0.25, 0.3) is 0 Å². The third-order valence-corrected chi connectivity index (χ3v) is 11.3. The minimum Gasteiger partial charge on any atom is -0.477 e. The Morgan fingerprint density at radius 1 is 0.500 bits per heavy atom. The number of carbonyl (C=O) groups excluding carboxylic acids is 2. The van der Waals surface area contributed by atoms with Crippen LogP contribution in [0.1, 0.15) is 226 Å². The van der Waals surface area contributed by atoms with Crippen LogP contribution < -0.4 is 0 Å². The molecule has 0 heterocycles. The zero-order valence-corrected chi connectivity index (χ0v) is 39.9. The van der Waals surface area contributed by atoms with Gasteiger partial charge in [0.15, 0.2) is 12.1 Å². The lowest BCUT2D eigenvalue weighted by Crippen LogP contribution is -2.50. The molecule has 8 nitrogen and oxygen atoms in total. The molecule has 0 radical (unpaired) electrons. The number of quaternary nitrogens is 1. The van der Waals surface area contributed by atoms with Crippen molar-refractivity contribution in [3.63, 3.8) is 0 Å². The normalized spacial score (nSPS) is 13.2. The molecule has 0 aliphatic carbocycles. The second kappa shape index (κ2) is 43.2. The van der Waals surface area contributed by atoms with Crippen molar-refractivity contribution < 1.29 is 38.2 Å². The Morgan fingerprint density at radius 3 is 1.33 bits per heavy atom. The summed E-state index contributed by atoms with van der Waals surface area (Å²) in [6, 6.07) is -0.616. The zero-order chi connectivity index (χ0) is 44.2. The van der Waals surface area contributed by atoms with Gasteiger partial charge in [0.25, 0.3) is 0 Å². The first-order chi connectivity index (χ1) is 29.1. The molecular formula is C52H96NO7+. The lowest BCUT2D eigenvalue weighted by Gasteiger charge is -2.31. The molecule has 0 aromatic heterocycles. The largest absolute Gasteiger partial charge is 0.477 e. The molecule has 0 rings (SSSR count). The fraction of sp³-hybridized carbons (Fsp3) is 0.827. The van der Waals surface area contributed by atoms with E-state index in [1.54, 1.807) is 0 Å². The van der Waals surface area contributed by atoms with Gasteiger partial charge in [0.05, 0.1) is 34.4 Å². The number of carboxylic acids is 1. The summed E-state index contributed by atoms with van der Waals surface area (Å²) >= 11 is 0. The molecule has 0 spiro atoms. The van der Waals surface area contributed by atoms with Gasteiger partial charge in [-0.15, -0.1) is 0 Å². The SMILES string of the molecule is CCCCC/C=C/C/C=C/CCCCCCCCCC(=O)OC(COCCC(C(=O)O)[N+](C)(C)C)COC(=O)CCCCCCCCC/C=C/CCCCCCCCCC. The fourth-order valence-corrected chi connectivity index (χ4v) is 7.35. The summed E-state index contributed by atoms with van der Waals surface area (Å²) < 4.78 is 17.3. The van der Waals surface area contributed by atoms with E-state index < -0.39 is 18.1 Å². The molecule has 0 amide bonds. The number of hydrogen-bond donors (Lipinski definition) is 1. The van der Waals surface area contributed by atoms with Crippen molar-refractivity contribution in [2.45, 2.75) is 238 Å². The molecule has 0 saturated heterocycles. The van der Waals surface area contributed by atoms with Crippen LogP contribution in [0.2, 0.25) is 0 Å². The summed E-state index contributed by atoms with van der Waals surface area (Å²) in [6.45, 7) is 4.72. The lowest BCUT2D eigenvalue weighted by molar-refractivity contribution is -0.887. The molecule has 0 aromatic rings. The Kier molecular flexibility index (Phi) is 41.4. The van der Waals surface area contributed by atoms with Crippen molar-refractivity contribution in [3.8, 4) is 0 Å². The predicted molar refractivity (Wildman–Crippen MR) is 252 cm³/mol. The van der Waals surface area contributed by atoms with Crippen LogP contribution in [0, 0.1) is 0 Å². The molecule has 0 saturated carbocycles. The number of hydrogen-bond acceptors (Lipinski definition) is 6. The van der Waals surface area contributed by atoms with Gasteiger partial charge in [-0.05, 0) is 70.6 Å². The highest BCUT2D eigenvalue weighted by Gasteiger charge is 2.31. The average Bonchev–Trinajstić information content (AvgIpc) is 3.21. The van der Waals surface area contributed by atoms with Crippen molar-refractivity contribution in [2.24, 2.45) is 0 Å². The summed E-state index contributed by atoms with van der Waals surface area (Å²) in [4.78, 5) is 37.1. The maximum atomic E-state index is 12.8. The van der Waals surface area contributed by atoms with Crippen molar-refractivity contribution in [1.29, 1.82) is 0 Å². The number of esters is 2. The predicted octanol–water partition coefficient (Wildman–Crippen LogP) is 14.2. The smallest absolute Gasteiger partial charge is 0.362 e. The van der Waals surface area contributed by atoms with Crippen molar-refractivity contribution in [1.82, 2.24) is 0 Å². The first-order valence-electron chi connectivity index (χ1n) is 25.0. The monoisotopic (exact) mass is 847 g/mol. The second-order valence-electron chi connectivity index (χ2n) is 18.1. The van der Waals surface area contributed by atoms with Crippen LogP contribution in [0.5, 0.6) is 0 Å². The first kappa shape index (κ1) is 57.5. The maximum Gasteiger partial charge on any atom is 0.362 e. The standard InChI is InChI=1S/C52H95NO7/c1-6-8-10-12-14-16-18-20-22-24-25-27-28-30-32-34-36-38-40-42-50(54)59-47-48(46-58-45-44-49(52(56)57)53(3,4)5)60-51(55)43-41-39-37-35-33-31-29-26-23-21-19-17-15-13-11-9-7-2/h15,17,21,23-25,48-49H,6-14,16,18-20,22,26-47H2,1-5H3/p+1/b17-15+,23-21+,25-24+. The van der Waals surface area contributed by atoms with Gasteiger partial charge in [-0.25, -0.2) is 4.79 Å². The van der Waals surface area contributed by atoms with Gasteiger partial charge in [-0.3, -0.25) is 9.59 Å². The highest BCUT2D eigenvalue weighted by Crippen LogP contribution is 2.15. The summed E-state index contributed by atoms with van der Waals surface area (Å²) in [7, 11) is 5.53. The third kappa shape index (κ3) is 40.9. The summed E-state index contributed by atoms with van der Waals surface area (Å²) in [5.74, 6) is -1.47. The molecule has 2 atom stereocenters. The van der Waals surface area contributed by atoms with E-state index in [4.69, 9.17) is 14.2 Å². The van der Waals surface area contributed by atoms with E-state index in [0.29, 0.717) is 19.3 Å². The van der Waals surface area contributed by atoms with Gasteiger partial charge in [0, 0.05) is 19.3 Å². The fourth-order valence-electron chi connectivity index (χ4n) is 7.35. The third-order valence-electron chi connectivity index (χ3n) is 11.3. The van der Waals surface area contributed by atoms with Crippen LogP contribution in [0.3, 0.4) is 0 Å². The zero-order valence-electron chi connectivity index (χ0n) is 39.9. The number of ether oxygens (including phenoxy) is 3. The number of aliphatic carboxylic acids is 1. The van der Waals surface area contributed by atoms with Crippen LogP contribution >= 0.6 is 0 Å². The van der Waals surface area contributed by atoms with E-state index in [1.165, 1.54) is 141 Å². The summed E-state index contributed by atoms with van der Waals surface area (Å²) in [5.41, 5.74) is 0. The molecule has 60 heavy (non-hydrogen) atoms. The number of likely N-dealkylation sites (N-methyl/N-ethyl adjacent to an activating group) is 1. The van der Waals surface area contributed by atoms with Crippen LogP contribution in [-0.2, 0) is 28.6 Å². The van der Waals surface area contributed by atoms with Gasteiger partial charge in [-0.1, -0.05) is 172 Å². The topological polar surface area (TPSA) is 99.1 Å².